The van der Waals surface area contributed by atoms with E-state index in [4.69, 9.17) is 0 Å². The number of rotatable bonds is 6. The number of alkyl halides is 5. The molecule has 3 aromatic heterocycles. The smallest absolute Gasteiger partial charge is 0.270 e. The van der Waals surface area contributed by atoms with Gasteiger partial charge in [0, 0.05) is 17.6 Å². The number of hydrogen-bond donors (Lipinski definition) is 0. The molecule has 160 valence electrons. The van der Waals surface area contributed by atoms with Gasteiger partial charge in [0.2, 0.25) is 6.30 Å². The van der Waals surface area contributed by atoms with Crippen molar-refractivity contribution in [2.45, 2.75) is 30.5 Å². The van der Waals surface area contributed by atoms with Crippen molar-refractivity contribution >= 4 is 20.7 Å². The fourth-order valence-corrected chi connectivity index (χ4v) is 3.84. The number of sulfone groups is 1. The molecule has 0 aliphatic heterocycles. The van der Waals surface area contributed by atoms with E-state index in [0.717, 1.165) is 18.3 Å². The molecule has 0 aliphatic rings. The molecule has 0 radical (unpaired) electrons. The first-order valence-corrected chi connectivity index (χ1v) is 10.2. The molecule has 0 fully saturated rings. The van der Waals surface area contributed by atoms with Crippen LogP contribution < -0.4 is 5.56 Å². The number of pyridine rings is 3. The summed E-state index contributed by atoms with van der Waals surface area (Å²) in [7, 11) is -3.69. The van der Waals surface area contributed by atoms with Crippen molar-refractivity contribution < 1.29 is 30.4 Å². The van der Waals surface area contributed by atoms with E-state index < -0.39 is 39.6 Å². The molecule has 1 atom stereocenters. The monoisotopic (exact) mass is 447 g/mol. The quantitative estimate of drug-likeness (QED) is 0.539. The molecule has 0 saturated carbocycles. The van der Waals surface area contributed by atoms with Crippen LogP contribution in [0.1, 0.15) is 13.2 Å². The number of halogens is 5. The normalized spacial score (nSPS) is 13.7. The largest absolute Gasteiger partial charge is 0.356 e. The maximum atomic E-state index is 14.3. The van der Waals surface area contributed by atoms with Gasteiger partial charge in [0.15, 0.2) is 9.84 Å². The van der Waals surface area contributed by atoms with E-state index >= 15 is 0 Å². The standard InChI is InChI=1S/C18H14F5N3O3S/c1-2-30(28,29)13-4-3-7-24-15(13)11-8-10-5-6-14(27)26(12(10)9-25-11)17(21)18(22,23)16(19)20/h3-9,16-17H,2H2,1H3. The summed E-state index contributed by atoms with van der Waals surface area (Å²) in [5.41, 5.74) is -1.75. The zero-order chi connectivity index (χ0) is 22.3. The lowest BCUT2D eigenvalue weighted by Crippen LogP contribution is -2.39. The Morgan fingerprint density at radius 2 is 1.83 bits per heavy atom. The summed E-state index contributed by atoms with van der Waals surface area (Å²) in [5, 5.41) is -0.00202. The highest BCUT2D eigenvalue weighted by Gasteiger charge is 2.51. The molecular weight excluding hydrogens is 433 g/mol. The van der Waals surface area contributed by atoms with Gasteiger partial charge < -0.3 is 0 Å². The molecule has 1 unspecified atom stereocenters. The van der Waals surface area contributed by atoms with E-state index in [1.165, 1.54) is 31.3 Å². The van der Waals surface area contributed by atoms with Crippen molar-refractivity contribution in [2.75, 3.05) is 5.75 Å². The van der Waals surface area contributed by atoms with E-state index in [0.29, 0.717) is 0 Å². The topological polar surface area (TPSA) is 81.9 Å². The van der Waals surface area contributed by atoms with Gasteiger partial charge in [-0.05, 0) is 24.3 Å². The first-order chi connectivity index (χ1) is 14.0. The molecular formula is C18H14F5N3O3S. The van der Waals surface area contributed by atoms with Gasteiger partial charge in [-0.2, -0.15) is 8.78 Å². The van der Waals surface area contributed by atoms with E-state index in [1.807, 2.05) is 0 Å². The van der Waals surface area contributed by atoms with Gasteiger partial charge in [0.25, 0.3) is 5.56 Å². The summed E-state index contributed by atoms with van der Waals surface area (Å²) in [6, 6.07) is 5.82. The molecule has 3 heterocycles. The molecule has 0 spiro atoms. The average Bonchev–Trinajstić information content (AvgIpc) is 2.72. The van der Waals surface area contributed by atoms with E-state index in [-0.39, 0.29) is 32.0 Å². The van der Waals surface area contributed by atoms with Crippen LogP contribution in [0.4, 0.5) is 22.0 Å². The van der Waals surface area contributed by atoms with Gasteiger partial charge in [-0.3, -0.25) is 19.3 Å². The number of fused-ring (bicyclic) bond motifs is 1. The molecule has 30 heavy (non-hydrogen) atoms. The van der Waals surface area contributed by atoms with Crippen LogP contribution in [0.5, 0.6) is 0 Å². The zero-order valence-electron chi connectivity index (χ0n) is 15.3. The minimum Gasteiger partial charge on any atom is -0.270 e. The minimum absolute atomic E-state index is 0.00202. The molecule has 12 heteroatoms. The molecule has 0 bridgehead atoms. The van der Waals surface area contributed by atoms with Crippen LogP contribution in [0.15, 0.2) is 52.4 Å². The lowest BCUT2D eigenvalue weighted by atomic mass is 10.1. The molecule has 0 N–H and O–H groups in total. The van der Waals surface area contributed by atoms with Gasteiger partial charge >= 0.3 is 12.3 Å². The van der Waals surface area contributed by atoms with Crippen molar-refractivity contribution in [3.05, 3.63) is 53.1 Å². The molecule has 0 saturated heterocycles. The third-order valence-corrected chi connectivity index (χ3v) is 6.14. The molecule has 3 aromatic rings. The Bertz CT molecular complexity index is 1260. The second-order valence-electron chi connectivity index (χ2n) is 6.23. The van der Waals surface area contributed by atoms with Crippen LogP contribution in [0.2, 0.25) is 0 Å². The van der Waals surface area contributed by atoms with E-state index in [1.54, 1.807) is 0 Å². The fourth-order valence-electron chi connectivity index (χ4n) is 2.79. The highest BCUT2D eigenvalue weighted by Crippen LogP contribution is 2.37. The Balaban J connectivity index is 2.22. The second kappa shape index (κ2) is 7.74. The summed E-state index contributed by atoms with van der Waals surface area (Å²) >= 11 is 0. The van der Waals surface area contributed by atoms with Crippen LogP contribution in [-0.2, 0) is 9.84 Å². The highest BCUT2D eigenvalue weighted by atomic mass is 32.2. The highest BCUT2D eigenvalue weighted by molar-refractivity contribution is 7.91. The number of nitrogens with zero attached hydrogens (tertiary/aromatic N) is 3. The summed E-state index contributed by atoms with van der Waals surface area (Å²) in [4.78, 5) is 19.7. The molecule has 0 aromatic carbocycles. The zero-order valence-corrected chi connectivity index (χ0v) is 16.1. The van der Waals surface area contributed by atoms with Crippen molar-refractivity contribution in [2.24, 2.45) is 0 Å². The fraction of sp³-hybridized carbons (Fsp3) is 0.278. The number of aromatic nitrogens is 3. The van der Waals surface area contributed by atoms with Crippen molar-refractivity contribution in [1.82, 2.24) is 14.5 Å². The predicted molar refractivity (Wildman–Crippen MR) is 98.1 cm³/mol. The summed E-state index contributed by atoms with van der Waals surface area (Å²) in [5.74, 6) is -5.33. The Labute approximate surface area is 166 Å². The van der Waals surface area contributed by atoms with Crippen molar-refractivity contribution in [3.8, 4) is 11.4 Å². The van der Waals surface area contributed by atoms with Crippen LogP contribution >= 0.6 is 0 Å². The minimum atomic E-state index is -5.11. The maximum absolute atomic E-state index is 14.3. The summed E-state index contributed by atoms with van der Waals surface area (Å²) in [6.07, 6.45) is -5.82. The summed E-state index contributed by atoms with van der Waals surface area (Å²) in [6.45, 7) is 1.43. The van der Waals surface area contributed by atoms with Gasteiger partial charge in [-0.25, -0.2) is 21.6 Å². The van der Waals surface area contributed by atoms with Crippen molar-refractivity contribution in [1.29, 1.82) is 0 Å². The van der Waals surface area contributed by atoms with Crippen molar-refractivity contribution in [3.63, 3.8) is 0 Å². The Morgan fingerprint density at radius 1 is 1.13 bits per heavy atom. The second-order valence-corrected chi connectivity index (χ2v) is 8.48. The maximum Gasteiger partial charge on any atom is 0.356 e. The first kappa shape index (κ1) is 21.8. The third-order valence-electron chi connectivity index (χ3n) is 4.38. The molecule has 0 amide bonds. The number of hydrogen-bond acceptors (Lipinski definition) is 5. The van der Waals surface area contributed by atoms with Crippen LogP contribution in [0.25, 0.3) is 22.3 Å². The Hall–Kier alpha value is -2.89. The average molecular weight is 447 g/mol. The van der Waals surface area contributed by atoms with Gasteiger partial charge in [0.1, 0.15) is 5.69 Å². The SMILES string of the molecule is CCS(=O)(=O)c1cccnc1-c1cc2ccc(=O)n(C(F)C(F)(F)C(F)F)c2cn1. The molecule has 0 aliphatic carbocycles. The lowest BCUT2D eigenvalue weighted by molar-refractivity contribution is -0.191. The van der Waals surface area contributed by atoms with E-state index in [9.17, 15) is 35.2 Å². The van der Waals surface area contributed by atoms with Gasteiger partial charge in [0.05, 0.1) is 28.1 Å². The first-order valence-electron chi connectivity index (χ1n) is 8.50. The van der Waals surface area contributed by atoms with Crippen LogP contribution in [-0.4, -0.2) is 41.1 Å². The summed E-state index contributed by atoms with van der Waals surface area (Å²) < 4.78 is 90.9. The molecule has 3 rings (SSSR count). The molecule has 6 nitrogen and oxygen atoms in total. The van der Waals surface area contributed by atoms with Gasteiger partial charge in [-0.15, -0.1) is 0 Å². The third kappa shape index (κ3) is 3.66. The Morgan fingerprint density at radius 3 is 2.47 bits per heavy atom. The van der Waals surface area contributed by atoms with Crippen LogP contribution in [0, 0.1) is 0 Å². The van der Waals surface area contributed by atoms with Crippen LogP contribution in [0.3, 0.4) is 0 Å². The Kier molecular flexibility index (Phi) is 5.63. The van der Waals surface area contributed by atoms with Gasteiger partial charge in [-0.1, -0.05) is 6.92 Å². The lowest BCUT2D eigenvalue weighted by Gasteiger charge is -2.22. The van der Waals surface area contributed by atoms with E-state index in [2.05, 4.69) is 9.97 Å². The predicted octanol–water partition coefficient (Wildman–Crippen LogP) is 3.62.